The highest BCUT2D eigenvalue weighted by Gasteiger charge is 2.40. The number of carbonyl (C=O) groups excluding carboxylic acids is 1. The van der Waals surface area contributed by atoms with Gasteiger partial charge in [0.1, 0.15) is 5.58 Å². The van der Waals surface area contributed by atoms with Crippen LogP contribution in [-0.4, -0.2) is 18.9 Å². The number of furan rings is 1. The molecule has 0 saturated carbocycles. The Bertz CT molecular complexity index is 645. The lowest BCUT2D eigenvalue weighted by atomic mass is 9.71. The zero-order valence-electron chi connectivity index (χ0n) is 12.9. The van der Waals surface area contributed by atoms with Crippen molar-refractivity contribution in [2.24, 2.45) is 5.41 Å². The van der Waals surface area contributed by atoms with Crippen molar-refractivity contribution in [2.75, 3.05) is 13.1 Å². The molecule has 0 unspecified atom stereocenters. The van der Waals surface area contributed by atoms with Crippen molar-refractivity contribution in [2.45, 2.75) is 39.5 Å². The first-order valence-corrected chi connectivity index (χ1v) is 7.90. The first kappa shape index (κ1) is 14.3. The zero-order valence-corrected chi connectivity index (χ0v) is 12.9. The number of hydrogen-bond donors (Lipinski definition) is 1. The molecule has 2 heterocycles. The second-order valence-electron chi connectivity index (χ2n) is 6.26. The standard InChI is InChI=1S/C18H23NO2/c1-3-6-18(7-9-19-10-8-18)17(20)16-12-14-11-13(2)4-5-15(14)21-16/h4-5,11-12,19H,3,6-10H2,1-2H3. The maximum Gasteiger partial charge on any atom is 0.204 e. The van der Waals surface area contributed by atoms with Crippen molar-refractivity contribution < 1.29 is 9.21 Å². The normalized spacial score (nSPS) is 18.0. The molecule has 1 saturated heterocycles. The predicted molar refractivity (Wildman–Crippen MR) is 84.7 cm³/mol. The Morgan fingerprint density at radius 1 is 1.29 bits per heavy atom. The minimum atomic E-state index is -0.233. The van der Waals surface area contributed by atoms with Gasteiger partial charge in [-0.3, -0.25) is 4.79 Å². The summed E-state index contributed by atoms with van der Waals surface area (Å²) < 4.78 is 5.84. The number of rotatable bonds is 4. The van der Waals surface area contributed by atoms with E-state index in [0.717, 1.165) is 49.7 Å². The molecule has 0 spiro atoms. The van der Waals surface area contributed by atoms with Crippen LogP contribution in [0.15, 0.2) is 28.7 Å². The molecule has 2 aromatic rings. The lowest BCUT2D eigenvalue weighted by molar-refractivity contribution is 0.0675. The van der Waals surface area contributed by atoms with E-state index < -0.39 is 0 Å². The molecular weight excluding hydrogens is 262 g/mol. The molecule has 1 aromatic carbocycles. The predicted octanol–water partition coefficient (Wildman–Crippen LogP) is 4.09. The van der Waals surface area contributed by atoms with Crippen LogP contribution in [-0.2, 0) is 0 Å². The van der Waals surface area contributed by atoms with E-state index in [0.29, 0.717) is 5.76 Å². The molecule has 0 aliphatic carbocycles. The number of aryl methyl sites for hydroxylation is 1. The number of fused-ring (bicyclic) bond motifs is 1. The third-order valence-electron chi connectivity index (χ3n) is 4.67. The van der Waals surface area contributed by atoms with Crippen LogP contribution in [0.5, 0.6) is 0 Å². The second kappa shape index (κ2) is 5.64. The largest absolute Gasteiger partial charge is 0.453 e. The van der Waals surface area contributed by atoms with Gasteiger partial charge in [-0.25, -0.2) is 0 Å². The van der Waals surface area contributed by atoms with Gasteiger partial charge in [0, 0.05) is 10.8 Å². The molecule has 0 bridgehead atoms. The molecule has 0 radical (unpaired) electrons. The molecule has 1 aromatic heterocycles. The van der Waals surface area contributed by atoms with Crippen LogP contribution in [0.25, 0.3) is 11.0 Å². The number of hydrogen-bond acceptors (Lipinski definition) is 3. The molecule has 1 fully saturated rings. The fourth-order valence-electron chi connectivity index (χ4n) is 3.51. The Balaban J connectivity index is 1.97. The molecule has 112 valence electrons. The topological polar surface area (TPSA) is 42.2 Å². The van der Waals surface area contributed by atoms with Gasteiger partial charge in [0.25, 0.3) is 0 Å². The Morgan fingerprint density at radius 3 is 2.76 bits per heavy atom. The molecule has 1 aliphatic rings. The minimum Gasteiger partial charge on any atom is -0.453 e. The van der Waals surface area contributed by atoms with Gasteiger partial charge >= 0.3 is 0 Å². The van der Waals surface area contributed by atoms with Crippen LogP contribution in [0.3, 0.4) is 0 Å². The van der Waals surface area contributed by atoms with E-state index in [2.05, 4.69) is 25.2 Å². The summed E-state index contributed by atoms with van der Waals surface area (Å²) in [6.45, 7) is 6.05. The Morgan fingerprint density at radius 2 is 2.05 bits per heavy atom. The molecule has 3 heteroatoms. The van der Waals surface area contributed by atoms with E-state index in [-0.39, 0.29) is 11.2 Å². The molecule has 21 heavy (non-hydrogen) atoms. The Kier molecular flexibility index (Phi) is 3.85. The van der Waals surface area contributed by atoms with E-state index in [4.69, 9.17) is 4.42 Å². The number of ketones is 1. The highest BCUT2D eigenvalue weighted by Crippen LogP contribution is 2.38. The lowest BCUT2D eigenvalue weighted by Gasteiger charge is -2.35. The maximum atomic E-state index is 13.0. The molecule has 3 rings (SSSR count). The number of carbonyl (C=O) groups is 1. The van der Waals surface area contributed by atoms with Crippen molar-refractivity contribution in [1.29, 1.82) is 0 Å². The third kappa shape index (κ3) is 2.62. The van der Waals surface area contributed by atoms with Crippen molar-refractivity contribution in [1.82, 2.24) is 5.32 Å². The van der Waals surface area contributed by atoms with E-state index in [1.807, 2.05) is 18.2 Å². The smallest absolute Gasteiger partial charge is 0.204 e. The Labute approximate surface area is 125 Å². The first-order valence-electron chi connectivity index (χ1n) is 7.90. The average Bonchev–Trinajstić information content (AvgIpc) is 2.90. The summed E-state index contributed by atoms with van der Waals surface area (Å²) in [6.07, 6.45) is 3.81. The highest BCUT2D eigenvalue weighted by molar-refractivity contribution is 6.01. The lowest BCUT2D eigenvalue weighted by Crippen LogP contribution is -2.42. The van der Waals surface area contributed by atoms with Crippen LogP contribution in [0.2, 0.25) is 0 Å². The van der Waals surface area contributed by atoms with Gasteiger partial charge in [0.2, 0.25) is 5.78 Å². The van der Waals surface area contributed by atoms with Crippen molar-refractivity contribution in [3.05, 3.63) is 35.6 Å². The van der Waals surface area contributed by atoms with Crippen LogP contribution < -0.4 is 5.32 Å². The van der Waals surface area contributed by atoms with Crippen LogP contribution in [0.1, 0.15) is 48.7 Å². The van der Waals surface area contributed by atoms with E-state index in [9.17, 15) is 4.79 Å². The van der Waals surface area contributed by atoms with Gasteiger partial charge < -0.3 is 9.73 Å². The average molecular weight is 285 g/mol. The van der Waals surface area contributed by atoms with Crippen molar-refractivity contribution >= 4 is 16.8 Å². The van der Waals surface area contributed by atoms with Gasteiger partial charge in [0.15, 0.2) is 5.76 Å². The Hall–Kier alpha value is -1.61. The van der Waals surface area contributed by atoms with Crippen LogP contribution in [0.4, 0.5) is 0 Å². The summed E-state index contributed by atoms with van der Waals surface area (Å²) in [7, 11) is 0. The highest BCUT2D eigenvalue weighted by atomic mass is 16.3. The SMILES string of the molecule is CCCC1(C(=O)c2cc3cc(C)ccc3o2)CCNCC1. The first-order chi connectivity index (χ1) is 10.1. The molecular formula is C18H23NO2. The zero-order chi connectivity index (χ0) is 14.9. The van der Waals surface area contributed by atoms with Crippen LogP contribution in [0, 0.1) is 12.3 Å². The number of nitrogens with one attached hydrogen (secondary N) is 1. The minimum absolute atomic E-state index is 0.194. The van der Waals surface area contributed by atoms with Crippen molar-refractivity contribution in [3.8, 4) is 0 Å². The summed E-state index contributed by atoms with van der Waals surface area (Å²) in [6, 6.07) is 7.97. The fourth-order valence-corrected chi connectivity index (χ4v) is 3.51. The van der Waals surface area contributed by atoms with Crippen molar-refractivity contribution in [3.63, 3.8) is 0 Å². The molecule has 1 aliphatic heterocycles. The summed E-state index contributed by atoms with van der Waals surface area (Å²) >= 11 is 0. The maximum absolute atomic E-state index is 13.0. The van der Waals surface area contributed by atoms with Crippen LogP contribution >= 0.6 is 0 Å². The fraction of sp³-hybridized carbons (Fsp3) is 0.500. The van der Waals surface area contributed by atoms with E-state index >= 15 is 0 Å². The number of piperidine rings is 1. The summed E-state index contributed by atoms with van der Waals surface area (Å²) in [5.41, 5.74) is 1.76. The quantitative estimate of drug-likeness (QED) is 0.860. The monoisotopic (exact) mass is 285 g/mol. The summed E-state index contributed by atoms with van der Waals surface area (Å²) in [4.78, 5) is 13.0. The van der Waals surface area contributed by atoms with Gasteiger partial charge in [0.05, 0.1) is 0 Å². The van der Waals surface area contributed by atoms with Gasteiger partial charge in [-0.1, -0.05) is 25.0 Å². The summed E-state index contributed by atoms with van der Waals surface area (Å²) in [5.74, 6) is 0.727. The van der Waals surface area contributed by atoms with Gasteiger partial charge in [-0.2, -0.15) is 0 Å². The molecule has 1 N–H and O–H groups in total. The number of benzene rings is 1. The van der Waals surface area contributed by atoms with E-state index in [1.165, 1.54) is 5.56 Å². The van der Waals surface area contributed by atoms with Gasteiger partial charge in [-0.05, 0) is 57.5 Å². The molecule has 0 amide bonds. The number of Topliss-reactive ketones (excluding diaryl/α,β-unsaturated/α-hetero) is 1. The third-order valence-corrected chi connectivity index (χ3v) is 4.67. The van der Waals surface area contributed by atoms with Gasteiger partial charge in [-0.15, -0.1) is 0 Å². The summed E-state index contributed by atoms with van der Waals surface area (Å²) in [5, 5.41) is 4.38. The second-order valence-corrected chi connectivity index (χ2v) is 6.26. The van der Waals surface area contributed by atoms with E-state index in [1.54, 1.807) is 0 Å². The molecule has 3 nitrogen and oxygen atoms in total. The molecule has 0 atom stereocenters.